The minimum atomic E-state index is -0.293. The molecule has 0 saturated carbocycles. The molecule has 3 heterocycles. The van der Waals surface area contributed by atoms with Crippen LogP contribution in [-0.2, 0) is 4.79 Å². The molecule has 0 aliphatic carbocycles. The fourth-order valence-corrected chi connectivity index (χ4v) is 3.70. The molecule has 0 unspecified atom stereocenters. The maximum absolute atomic E-state index is 12.8. The lowest BCUT2D eigenvalue weighted by Gasteiger charge is -2.25. The largest absolute Gasteiger partial charge is 0.459 e. The lowest BCUT2D eigenvalue weighted by Crippen LogP contribution is -2.42. The van der Waals surface area contributed by atoms with Gasteiger partial charge in [-0.1, -0.05) is 23.5 Å². The number of rotatable bonds is 4. The van der Waals surface area contributed by atoms with Gasteiger partial charge in [-0.2, -0.15) is 0 Å². The minimum Gasteiger partial charge on any atom is -0.459 e. The molecule has 6 nitrogen and oxygen atoms in total. The van der Waals surface area contributed by atoms with E-state index in [0.29, 0.717) is 18.1 Å². The molecule has 2 amide bonds. The molecule has 1 saturated heterocycles. The van der Waals surface area contributed by atoms with Gasteiger partial charge in [0.05, 0.1) is 16.5 Å². The molecule has 3 aromatic rings. The first kappa shape index (κ1) is 14.9. The van der Waals surface area contributed by atoms with Crippen molar-refractivity contribution >= 4 is 38.5 Å². The number of nitrogens with zero attached hydrogens (tertiary/aromatic N) is 3. The average Bonchev–Trinajstić information content (AvgIpc) is 3.32. The fraction of sp³-hybridized carbons (Fsp3) is 0.235. The molecule has 0 atom stereocenters. The molecule has 0 radical (unpaired) electrons. The van der Waals surface area contributed by atoms with Crippen molar-refractivity contribution in [3.63, 3.8) is 0 Å². The molecule has 1 aliphatic heterocycles. The van der Waals surface area contributed by atoms with Crippen molar-refractivity contribution in [2.75, 3.05) is 18.1 Å². The van der Waals surface area contributed by atoms with Crippen molar-refractivity contribution < 1.29 is 14.0 Å². The van der Waals surface area contributed by atoms with Gasteiger partial charge in [0.25, 0.3) is 5.91 Å². The molecule has 0 spiro atoms. The van der Waals surface area contributed by atoms with E-state index in [-0.39, 0.29) is 24.2 Å². The van der Waals surface area contributed by atoms with E-state index >= 15 is 0 Å². The van der Waals surface area contributed by atoms with Crippen molar-refractivity contribution in [2.24, 2.45) is 0 Å². The molecule has 1 fully saturated rings. The Morgan fingerprint density at radius 2 is 2.17 bits per heavy atom. The number of fused-ring (bicyclic) bond motifs is 1. The van der Waals surface area contributed by atoms with Crippen LogP contribution in [0.2, 0.25) is 0 Å². The third kappa shape index (κ3) is 2.67. The molecule has 0 N–H and O–H groups in total. The first-order valence-corrected chi connectivity index (χ1v) is 8.53. The smallest absolute Gasteiger partial charge is 0.297 e. The van der Waals surface area contributed by atoms with E-state index in [2.05, 4.69) is 4.98 Å². The zero-order chi connectivity index (χ0) is 16.5. The third-order valence-corrected chi connectivity index (χ3v) is 5.03. The Bertz CT molecular complexity index is 855. The van der Waals surface area contributed by atoms with E-state index in [0.717, 1.165) is 16.6 Å². The minimum absolute atomic E-state index is 0.0633. The predicted molar refractivity (Wildman–Crippen MR) is 91.0 cm³/mol. The van der Waals surface area contributed by atoms with Crippen molar-refractivity contribution in [1.29, 1.82) is 0 Å². The molecule has 122 valence electrons. The number of amides is 2. The van der Waals surface area contributed by atoms with Gasteiger partial charge in [0, 0.05) is 13.0 Å². The number of likely N-dealkylation sites (tertiary alicyclic amines) is 1. The Balaban J connectivity index is 1.71. The molecule has 1 aliphatic rings. The van der Waals surface area contributed by atoms with E-state index in [1.54, 1.807) is 17.0 Å². The normalized spacial score (nSPS) is 14.5. The summed E-state index contributed by atoms with van der Waals surface area (Å²) in [5.74, 6) is 0.00742. The Morgan fingerprint density at radius 3 is 2.88 bits per heavy atom. The van der Waals surface area contributed by atoms with Gasteiger partial charge in [0.1, 0.15) is 6.67 Å². The number of carbonyl (C=O) groups is 2. The van der Waals surface area contributed by atoms with Crippen LogP contribution >= 0.6 is 11.3 Å². The van der Waals surface area contributed by atoms with Crippen molar-refractivity contribution in [3.8, 4) is 0 Å². The Kier molecular flexibility index (Phi) is 3.78. The van der Waals surface area contributed by atoms with Gasteiger partial charge >= 0.3 is 0 Å². The highest BCUT2D eigenvalue weighted by atomic mass is 32.1. The van der Waals surface area contributed by atoms with Crippen LogP contribution in [0.15, 0.2) is 47.1 Å². The summed E-state index contributed by atoms with van der Waals surface area (Å²) in [6.07, 6.45) is 2.81. The topological polar surface area (TPSA) is 66.7 Å². The predicted octanol–water partition coefficient (Wildman–Crippen LogP) is 3.12. The van der Waals surface area contributed by atoms with Crippen molar-refractivity contribution in [3.05, 3.63) is 48.4 Å². The second-order valence-corrected chi connectivity index (χ2v) is 6.59. The van der Waals surface area contributed by atoms with Crippen LogP contribution in [0.25, 0.3) is 10.2 Å². The van der Waals surface area contributed by atoms with Crippen molar-refractivity contribution in [1.82, 2.24) is 9.88 Å². The molecule has 4 rings (SSSR count). The summed E-state index contributed by atoms with van der Waals surface area (Å²) < 4.78 is 6.24. The molecule has 1 aromatic carbocycles. The van der Waals surface area contributed by atoms with E-state index in [1.807, 2.05) is 24.3 Å². The first-order valence-electron chi connectivity index (χ1n) is 7.71. The Hall–Kier alpha value is -2.67. The van der Waals surface area contributed by atoms with Crippen LogP contribution in [0.4, 0.5) is 5.13 Å². The lowest BCUT2D eigenvalue weighted by atomic mass is 10.3. The standard InChI is InChI=1S/C17H15N3O3S/c21-15-8-3-9-19(15)11-20(16(22)13-6-4-10-23-13)17-18-12-5-1-2-7-14(12)24-17/h1-2,4-7,10H,3,8-9,11H2. The average molecular weight is 341 g/mol. The molecular formula is C17H15N3O3S. The zero-order valence-electron chi connectivity index (χ0n) is 12.8. The van der Waals surface area contributed by atoms with Crippen LogP contribution in [-0.4, -0.2) is 34.9 Å². The quantitative estimate of drug-likeness (QED) is 0.731. The van der Waals surface area contributed by atoms with E-state index < -0.39 is 0 Å². The van der Waals surface area contributed by atoms with E-state index in [4.69, 9.17) is 4.42 Å². The lowest BCUT2D eigenvalue weighted by molar-refractivity contribution is -0.127. The molecule has 0 bridgehead atoms. The molecule has 7 heteroatoms. The Morgan fingerprint density at radius 1 is 1.29 bits per heavy atom. The monoisotopic (exact) mass is 341 g/mol. The number of benzene rings is 1. The van der Waals surface area contributed by atoms with Crippen molar-refractivity contribution in [2.45, 2.75) is 12.8 Å². The summed E-state index contributed by atoms with van der Waals surface area (Å²) in [5, 5.41) is 0.567. The van der Waals surface area contributed by atoms with Crippen LogP contribution in [0.5, 0.6) is 0 Å². The van der Waals surface area contributed by atoms with E-state index in [1.165, 1.54) is 22.5 Å². The number of thiazole rings is 1. The molecule has 2 aromatic heterocycles. The van der Waals surface area contributed by atoms with Gasteiger partial charge in [0.2, 0.25) is 5.91 Å². The summed E-state index contributed by atoms with van der Waals surface area (Å²) in [4.78, 5) is 32.6. The summed E-state index contributed by atoms with van der Waals surface area (Å²) in [7, 11) is 0. The van der Waals surface area contributed by atoms with Crippen LogP contribution in [0.1, 0.15) is 23.4 Å². The van der Waals surface area contributed by atoms with E-state index in [9.17, 15) is 9.59 Å². The number of para-hydroxylation sites is 1. The van der Waals surface area contributed by atoms with Gasteiger partial charge in [-0.15, -0.1) is 0 Å². The summed E-state index contributed by atoms with van der Waals surface area (Å²) in [6.45, 7) is 0.851. The number of furan rings is 1. The van der Waals surface area contributed by atoms with Gasteiger partial charge in [0.15, 0.2) is 10.9 Å². The number of hydrogen-bond donors (Lipinski definition) is 0. The molecular weight excluding hydrogens is 326 g/mol. The van der Waals surface area contributed by atoms with Gasteiger partial charge in [-0.25, -0.2) is 4.98 Å². The summed E-state index contributed by atoms with van der Waals surface area (Å²) in [5.41, 5.74) is 0.836. The number of aromatic nitrogens is 1. The SMILES string of the molecule is O=C1CCCN1CN(C(=O)c1ccco1)c1nc2ccccc2s1. The highest BCUT2D eigenvalue weighted by molar-refractivity contribution is 7.22. The summed E-state index contributed by atoms with van der Waals surface area (Å²) >= 11 is 1.43. The maximum atomic E-state index is 12.8. The zero-order valence-corrected chi connectivity index (χ0v) is 13.7. The second kappa shape index (κ2) is 6.09. The third-order valence-electron chi connectivity index (χ3n) is 3.97. The Labute approximate surface area is 142 Å². The van der Waals surface area contributed by atoms with Crippen LogP contribution in [0.3, 0.4) is 0 Å². The summed E-state index contributed by atoms with van der Waals surface area (Å²) in [6, 6.07) is 11.0. The fourth-order valence-electron chi connectivity index (χ4n) is 2.74. The van der Waals surface area contributed by atoms with Gasteiger partial charge < -0.3 is 9.32 Å². The number of carbonyl (C=O) groups excluding carboxylic acids is 2. The number of hydrogen-bond acceptors (Lipinski definition) is 5. The van der Waals surface area contributed by atoms with Crippen LogP contribution < -0.4 is 4.90 Å². The number of anilines is 1. The van der Waals surface area contributed by atoms with Gasteiger partial charge in [-0.3, -0.25) is 14.5 Å². The maximum Gasteiger partial charge on any atom is 0.297 e. The van der Waals surface area contributed by atoms with Gasteiger partial charge in [-0.05, 0) is 30.7 Å². The highest BCUT2D eigenvalue weighted by Crippen LogP contribution is 2.30. The second-order valence-electron chi connectivity index (χ2n) is 5.58. The molecule has 24 heavy (non-hydrogen) atoms. The first-order chi connectivity index (χ1) is 11.7. The van der Waals surface area contributed by atoms with Crippen LogP contribution in [0, 0.1) is 0 Å². The highest BCUT2D eigenvalue weighted by Gasteiger charge is 2.29.